The highest BCUT2D eigenvalue weighted by molar-refractivity contribution is 5.85. The number of halogens is 1. The first-order valence-corrected chi connectivity index (χ1v) is 3.26. The van der Waals surface area contributed by atoms with Crippen molar-refractivity contribution in [2.75, 3.05) is 13.1 Å². The first-order chi connectivity index (χ1) is 4.22. The van der Waals surface area contributed by atoms with E-state index in [1.54, 1.807) is 11.8 Å². The van der Waals surface area contributed by atoms with Gasteiger partial charge < -0.3 is 10.6 Å². The minimum atomic E-state index is -0.315. The van der Waals surface area contributed by atoms with Crippen LogP contribution in [0.25, 0.3) is 0 Å². The molecule has 3 nitrogen and oxygen atoms in total. The molecule has 0 spiro atoms. The van der Waals surface area contributed by atoms with Crippen molar-refractivity contribution in [3.8, 4) is 0 Å². The maximum Gasteiger partial charge on any atom is 0.239 e. The van der Waals surface area contributed by atoms with Crippen LogP contribution in [0.1, 0.15) is 13.3 Å². The quantitative estimate of drug-likeness (QED) is 0.593. The van der Waals surface area contributed by atoms with Gasteiger partial charge in [-0.2, -0.15) is 0 Å². The molecule has 60 valence electrons. The van der Waals surface area contributed by atoms with Gasteiger partial charge in [0.2, 0.25) is 5.91 Å². The van der Waals surface area contributed by atoms with Gasteiger partial charge in [-0.25, -0.2) is 0 Å². The van der Waals surface area contributed by atoms with E-state index >= 15 is 0 Å². The average Bonchev–Trinajstić information content (AvgIpc) is 1.60. The molecule has 0 radical (unpaired) electrons. The molecule has 1 aliphatic heterocycles. The molecule has 1 heterocycles. The Balaban J connectivity index is 0.000000810. The molecule has 1 saturated heterocycles. The summed E-state index contributed by atoms with van der Waals surface area (Å²) in [6, 6.07) is -0.315. The highest BCUT2D eigenvalue weighted by Crippen LogP contribution is 2.06. The molecular weight excluding hydrogens is 152 g/mol. The van der Waals surface area contributed by atoms with Crippen molar-refractivity contribution in [3.63, 3.8) is 0 Å². The Morgan fingerprint density at radius 3 is 2.20 bits per heavy atom. The Morgan fingerprint density at radius 1 is 1.60 bits per heavy atom. The lowest BCUT2D eigenvalue weighted by Gasteiger charge is -2.32. The van der Waals surface area contributed by atoms with Gasteiger partial charge in [-0.3, -0.25) is 4.79 Å². The second-order valence-electron chi connectivity index (χ2n) is 2.47. The zero-order valence-corrected chi connectivity index (χ0v) is 6.86. The maximum atomic E-state index is 10.9. The van der Waals surface area contributed by atoms with Crippen LogP contribution in [-0.2, 0) is 4.79 Å². The second kappa shape index (κ2) is 3.78. The Hall–Kier alpha value is -0.280. The minimum Gasteiger partial charge on any atom is -0.341 e. The molecule has 1 amide bonds. The van der Waals surface area contributed by atoms with Crippen LogP contribution in [-0.4, -0.2) is 29.9 Å². The van der Waals surface area contributed by atoms with Gasteiger partial charge in [-0.1, -0.05) is 0 Å². The minimum absolute atomic E-state index is 0. The summed E-state index contributed by atoms with van der Waals surface area (Å²) in [6.45, 7) is 3.53. The lowest BCUT2D eigenvalue weighted by molar-refractivity contribution is -0.135. The van der Waals surface area contributed by atoms with E-state index in [9.17, 15) is 4.79 Å². The van der Waals surface area contributed by atoms with Crippen molar-refractivity contribution in [1.82, 2.24) is 4.90 Å². The van der Waals surface area contributed by atoms with E-state index in [-0.39, 0.29) is 24.4 Å². The van der Waals surface area contributed by atoms with Crippen LogP contribution in [0, 0.1) is 0 Å². The number of hydrogen-bond donors (Lipinski definition) is 1. The largest absolute Gasteiger partial charge is 0.341 e. The van der Waals surface area contributed by atoms with Gasteiger partial charge in [0.1, 0.15) is 0 Å². The Bertz CT molecular complexity index is 123. The molecule has 4 heteroatoms. The van der Waals surface area contributed by atoms with Crippen molar-refractivity contribution in [3.05, 3.63) is 0 Å². The van der Waals surface area contributed by atoms with E-state index in [2.05, 4.69) is 0 Å². The number of likely N-dealkylation sites (tertiary alicyclic amines) is 1. The van der Waals surface area contributed by atoms with Crippen molar-refractivity contribution in [1.29, 1.82) is 0 Å². The lowest BCUT2D eigenvalue weighted by Crippen LogP contribution is -2.48. The summed E-state index contributed by atoms with van der Waals surface area (Å²) >= 11 is 0. The summed E-state index contributed by atoms with van der Waals surface area (Å²) in [6.07, 6.45) is 1.14. The predicted octanol–water partition coefficient (Wildman–Crippen LogP) is -0.0123. The second-order valence-corrected chi connectivity index (χ2v) is 2.47. The third kappa shape index (κ3) is 1.85. The van der Waals surface area contributed by atoms with Gasteiger partial charge in [0.25, 0.3) is 0 Å². The van der Waals surface area contributed by atoms with Crippen LogP contribution in [0.3, 0.4) is 0 Å². The fourth-order valence-corrected chi connectivity index (χ4v) is 0.825. The lowest BCUT2D eigenvalue weighted by atomic mass is 10.2. The van der Waals surface area contributed by atoms with Gasteiger partial charge in [0.05, 0.1) is 6.04 Å². The third-order valence-corrected chi connectivity index (χ3v) is 1.56. The molecule has 0 aromatic heterocycles. The normalized spacial score (nSPS) is 18.8. The summed E-state index contributed by atoms with van der Waals surface area (Å²) in [5.41, 5.74) is 5.36. The van der Waals surface area contributed by atoms with Crippen molar-refractivity contribution in [2.24, 2.45) is 5.73 Å². The van der Waals surface area contributed by atoms with Crippen LogP contribution in [0.15, 0.2) is 0 Å². The van der Waals surface area contributed by atoms with Crippen molar-refractivity contribution in [2.45, 2.75) is 19.4 Å². The third-order valence-electron chi connectivity index (χ3n) is 1.56. The fraction of sp³-hybridized carbons (Fsp3) is 0.833. The number of hydrogen-bond acceptors (Lipinski definition) is 2. The first-order valence-electron chi connectivity index (χ1n) is 3.26. The smallest absolute Gasteiger partial charge is 0.239 e. The van der Waals surface area contributed by atoms with Crippen LogP contribution < -0.4 is 5.73 Å². The SMILES string of the molecule is C[C@@H](N)C(=O)N1CCC1.Cl. The van der Waals surface area contributed by atoms with E-state index in [1.165, 1.54) is 0 Å². The average molecular weight is 165 g/mol. The number of carbonyl (C=O) groups excluding carboxylic acids is 1. The molecule has 0 saturated carbocycles. The van der Waals surface area contributed by atoms with Gasteiger partial charge in [0, 0.05) is 13.1 Å². The molecule has 0 aromatic carbocycles. The molecule has 1 aliphatic rings. The van der Waals surface area contributed by atoms with Crippen LogP contribution in [0.5, 0.6) is 0 Å². The van der Waals surface area contributed by atoms with Gasteiger partial charge in [-0.05, 0) is 13.3 Å². The number of rotatable bonds is 1. The monoisotopic (exact) mass is 164 g/mol. The molecule has 1 rings (SSSR count). The standard InChI is InChI=1S/C6H12N2O.ClH/c1-5(7)6(9)8-3-2-4-8;/h5H,2-4,7H2,1H3;1H/t5-;/m1./s1. The fourth-order valence-electron chi connectivity index (χ4n) is 0.825. The highest BCUT2D eigenvalue weighted by Gasteiger charge is 2.22. The Kier molecular flexibility index (Phi) is 3.68. The van der Waals surface area contributed by atoms with E-state index in [1.807, 2.05) is 0 Å². The zero-order chi connectivity index (χ0) is 6.85. The topological polar surface area (TPSA) is 46.3 Å². The van der Waals surface area contributed by atoms with Crippen molar-refractivity contribution >= 4 is 18.3 Å². The molecular formula is C6H13ClN2O. The van der Waals surface area contributed by atoms with E-state index in [0.717, 1.165) is 19.5 Å². The highest BCUT2D eigenvalue weighted by atomic mass is 35.5. The molecule has 0 aliphatic carbocycles. The van der Waals surface area contributed by atoms with Gasteiger partial charge >= 0.3 is 0 Å². The zero-order valence-electron chi connectivity index (χ0n) is 6.04. The van der Waals surface area contributed by atoms with Crippen LogP contribution in [0.2, 0.25) is 0 Å². The molecule has 2 N–H and O–H groups in total. The summed E-state index contributed by atoms with van der Waals surface area (Å²) in [5.74, 6) is 0.0845. The predicted molar refractivity (Wildman–Crippen MR) is 42.1 cm³/mol. The van der Waals surface area contributed by atoms with Crippen LogP contribution >= 0.6 is 12.4 Å². The van der Waals surface area contributed by atoms with E-state index in [4.69, 9.17) is 5.73 Å². The molecule has 1 atom stereocenters. The van der Waals surface area contributed by atoms with E-state index in [0.29, 0.717) is 0 Å². The summed E-state index contributed by atoms with van der Waals surface area (Å²) < 4.78 is 0. The molecule has 0 unspecified atom stereocenters. The van der Waals surface area contributed by atoms with Gasteiger partial charge in [-0.15, -0.1) is 12.4 Å². The molecule has 0 bridgehead atoms. The summed E-state index contributed by atoms with van der Waals surface area (Å²) in [7, 11) is 0. The number of amides is 1. The summed E-state index contributed by atoms with van der Waals surface area (Å²) in [5, 5.41) is 0. The number of nitrogens with zero attached hydrogens (tertiary/aromatic N) is 1. The number of nitrogens with two attached hydrogens (primary N) is 1. The summed E-state index contributed by atoms with van der Waals surface area (Å²) in [4.78, 5) is 12.7. The first kappa shape index (κ1) is 9.72. The molecule has 10 heavy (non-hydrogen) atoms. The Morgan fingerprint density at radius 2 is 2.10 bits per heavy atom. The van der Waals surface area contributed by atoms with Crippen LogP contribution in [0.4, 0.5) is 0 Å². The Labute approximate surface area is 67.0 Å². The van der Waals surface area contributed by atoms with Crippen molar-refractivity contribution < 1.29 is 4.79 Å². The van der Waals surface area contributed by atoms with E-state index < -0.39 is 0 Å². The maximum absolute atomic E-state index is 10.9. The molecule has 0 aromatic rings. The molecule has 1 fully saturated rings. The van der Waals surface area contributed by atoms with Gasteiger partial charge in [0.15, 0.2) is 0 Å². The number of carbonyl (C=O) groups is 1.